The zero-order valence-corrected chi connectivity index (χ0v) is 24.4. The van der Waals surface area contributed by atoms with Crippen molar-refractivity contribution in [1.82, 2.24) is 16.0 Å². The SMILES string of the molecule is CC(C)(C)OC(=O)CC[C@H](NC(=O)N[C@@H](CCCCNC(=O)CN)C(=O)OC(C)(C)C)C(=O)OC(C)(C)C. The van der Waals surface area contributed by atoms with Crippen molar-refractivity contribution >= 4 is 29.8 Å². The molecule has 0 heterocycles. The van der Waals surface area contributed by atoms with E-state index in [1.54, 1.807) is 62.3 Å². The van der Waals surface area contributed by atoms with E-state index in [9.17, 15) is 24.0 Å². The summed E-state index contributed by atoms with van der Waals surface area (Å²) in [5, 5.41) is 7.73. The summed E-state index contributed by atoms with van der Waals surface area (Å²) in [5.41, 5.74) is 2.96. The molecule has 12 heteroatoms. The van der Waals surface area contributed by atoms with Crippen LogP contribution in [-0.2, 0) is 33.4 Å². The predicted molar refractivity (Wildman–Crippen MR) is 142 cm³/mol. The molecule has 0 aromatic carbocycles. The van der Waals surface area contributed by atoms with Crippen LogP contribution in [-0.4, -0.2) is 71.8 Å². The van der Waals surface area contributed by atoms with E-state index in [0.29, 0.717) is 19.4 Å². The maximum Gasteiger partial charge on any atom is 0.329 e. The topological polar surface area (TPSA) is 175 Å². The Bertz CT molecular complexity index is 810. The van der Waals surface area contributed by atoms with Crippen LogP contribution < -0.4 is 21.7 Å². The largest absolute Gasteiger partial charge is 0.460 e. The van der Waals surface area contributed by atoms with Crippen LogP contribution in [0.5, 0.6) is 0 Å². The minimum atomic E-state index is -1.16. The number of rotatable bonds is 13. The molecule has 0 aliphatic heterocycles. The zero-order chi connectivity index (χ0) is 29.7. The molecule has 220 valence electrons. The van der Waals surface area contributed by atoms with E-state index in [1.807, 2.05) is 0 Å². The number of esters is 3. The van der Waals surface area contributed by atoms with Gasteiger partial charge >= 0.3 is 23.9 Å². The van der Waals surface area contributed by atoms with Crippen molar-refractivity contribution in [3.63, 3.8) is 0 Å². The lowest BCUT2D eigenvalue weighted by Gasteiger charge is -2.27. The number of amides is 3. The second-order valence-electron chi connectivity index (χ2n) is 12.0. The molecule has 0 bridgehead atoms. The summed E-state index contributed by atoms with van der Waals surface area (Å²) in [6.07, 6.45) is 1.07. The molecule has 12 nitrogen and oxygen atoms in total. The fraction of sp³-hybridized carbons (Fsp3) is 0.808. The number of carbonyl (C=O) groups is 5. The van der Waals surface area contributed by atoms with Gasteiger partial charge in [-0.1, -0.05) is 0 Å². The van der Waals surface area contributed by atoms with Crippen LogP contribution in [0.15, 0.2) is 0 Å². The Hall–Kier alpha value is -2.89. The Balaban J connectivity index is 5.39. The Morgan fingerprint density at radius 1 is 0.684 bits per heavy atom. The quantitative estimate of drug-likeness (QED) is 0.154. The van der Waals surface area contributed by atoms with Gasteiger partial charge in [0.25, 0.3) is 0 Å². The Morgan fingerprint density at radius 3 is 1.55 bits per heavy atom. The first-order valence-electron chi connectivity index (χ1n) is 12.9. The van der Waals surface area contributed by atoms with Gasteiger partial charge in [0.15, 0.2) is 0 Å². The van der Waals surface area contributed by atoms with E-state index < -0.39 is 52.8 Å². The third-order valence-corrected chi connectivity index (χ3v) is 4.48. The second kappa shape index (κ2) is 15.5. The second-order valence-corrected chi connectivity index (χ2v) is 12.0. The van der Waals surface area contributed by atoms with Gasteiger partial charge in [0.05, 0.1) is 6.54 Å². The van der Waals surface area contributed by atoms with Gasteiger partial charge in [-0.25, -0.2) is 14.4 Å². The molecule has 0 spiro atoms. The molecule has 38 heavy (non-hydrogen) atoms. The Labute approximate surface area is 226 Å². The van der Waals surface area contributed by atoms with E-state index in [1.165, 1.54) is 0 Å². The average molecular weight is 545 g/mol. The van der Waals surface area contributed by atoms with Crippen molar-refractivity contribution < 1.29 is 38.2 Å². The van der Waals surface area contributed by atoms with Crippen LogP contribution in [0, 0.1) is 0 Å². The van der Waals surface area contributed by atoms with Crippen molar-refractivity contribution in [1.29, 1.82) is 0 Å². The number of hydrogen-bond donors (Lipinski definition) is 4. The van der Waals surface area contributed by atoms with Crippen molar-refractivity contribution in [3.8, 4) is 0 Å². The average Bonchev–Trinajstić information content (AvgIpc) is 2.71. The third kappa shape index (κ3) is 18.4. The molecule has 0 aliphatic carbocycles. The van der Waals surface area contributed by atoms with Crippen LogP contribution in [0.3, 0.4) is 0 Å². The number of hydrogen-bond acceptors (Lipinski definition) is 9. The fourth-order valence-electron chi connectivity index (χ4n) is 3.03. The van der Waals surface area contributed by atoms with Gasteiger partial charge < -0.3 is 35.9 Å². The van der Waals surface area contributed by atoms with Crippen LogP contribution >= 0.6 is 0 Å². The van der Waals surface area contributed by atoms with Crippen LogP contribution in [0.1, 0.15) is 94.4 Å². The van der Waals surface area contributed by atoms with E-state index in [2.05, 4.69) is 16.0 Å². The minimum absolute atomic E-state index is 0.0603. The molecule has 0 saturated heterocycles. The molecule has 0 fully saturated rings. The lowest BCUT2D eigenvalue weighted by atomic mass is 10.1. The standard InChI is InChI=1S/C26H48N4O8/c1-24(2,3)36-20(32)14-13-18(22(34)38-26(7,8)9)30-23(35)29-17(21(33)37-25(4,5)6)12-10-11-15-28-19(31)16-27/h17-18H,10-16,27H2,1-9H3,(H,28,31)(H2,29,30,35)/t17-,18-/m0/s1. The summed E-state index contributed by atoms with van der Waals surface area (Å²) in [7, 11) is 0. The van der Waals surface area contributed by atoms with Gasteiger partial charge in [-0.2, -0.15) is 0 Å². The summed E-state index contributed by atoms with van der Waals surface area (Å²) in [5.74, 6) is -2.17. The first kappa shape index (κ1) is 35.1. The summed E-state index contributed by atoms with van der Waals surface area (Å²) in [6.45, 7) is 15.6. The molecule has 0 saturated carbocycles. The molecule has 0 radical (unpaired) electrons. The van der Waals surface area contributed by atoms with Gasteiger partial charge in [0.1, 0.15) is 28.9 Å². The van der Waals surface area contributed by atoms with E-state index in [-0.39, 0.29) is 31.7 Å². The fourth-order valence-corrected chi connectivity index (χ4v) is 3.03. The van der Waals surface area contributed by atoms with E-state index in [4.69, 9.17) is 19.9 Å². The number of carbonyl (C=O) groups excluding carboxylic acids is 5. The number of nitrogens with two attached hydrogens (primary N) is 1. The Kier molecular flexibility index (Phi) is 14.3. The molecule has 0 aromatic heterocycles. The smallest absolute Gasteiger partial charge is 0.329 e. The highest BCUT2D eigenvalue weighted by atomic mass is 16.6. The predicted octanol–water partition coefficient (Wildman–Crippen LogP) is 2.07. The van der Waals surface area contributed by atoms with Gasteiger partial charge in [0.2, 0.25) is 5.91 Å². The number of unbranched alkanes of at least 4 members (excludes halogenated alkanes) is 1. The van der Waals surface area contributed by atoms with Crippen molar-refractivity contribution in [2.75, 3.05) is 13.1 Å². The van der Waals surface area contributed by atoms with Crippen molar-refractivity contribution in [3.05, 3.63) is 0 Å². The molecule has 3 amide bonds. The molecular weight excluding hydrogens is 496 g/mol. The zero-order valence-electron chi connectivity index (χ0n) is 24.4. The van der Waals surface area contributed by atoms with E-state index >= 15 is 0 Å². The molecule has 0 aliphatic rings. The first-order valence-corrected chi connectivity index (χ1v) is 12.9. The lowest BCUT2D eigenvalue weighted by molar-refractivity contribution is -0.159. The van der Waals surface area contributed by atoms with Gasteiger partial charge in [-0.05, 0) is 88.0 Å². The highest BCUT2D eigenvalue weighted by Gasteiger charge is 2.31. The van der Waals surface area contributed by atoms with Crippen molar-refractivity contribution in [2.24, 2.45) is 5.73 Å². The van der Waals surface area contributed by atoms with Crippen LogP contribution in [0.4, 0.5) is 4.79 Å². The first-order chi connectivity index (χ1) is 17.2. The summed E-state index contributed by atoms with van der Waals surface area (Å²) >= 11 is 0. The molecule has 0 aromatic rings. The lowest BCUT2D eigenvalue weighted by Crippen LogP contribution is -2.53. The highest BCUT2D eigenvalue weighted by molar-refractivity contribution is 5.87. The molecule has 0 unspecified atom stereocenters. The van der Waals surface area contributed by atoms with E-state index in [0.717, 1.165) is 0 Å². The summed E-state index contributed by atoms with van der Waals surface area (Å²) < 4.78 is 16.1. The highest BCUT2D eigenvalue weighted by Crippen LogP contribution is 2.15. The van der Waals surface area contributed by atoms with Gasteiger partial charge in [0, 0.05) is 13.0 Å². The molecular formula is C26H48N4O8. The third-order valence-electron chi connectivity index (χ3n) is 4.48. The maximum atomic E-state index is 12.9. The summed E-state index contributed by atoms with van der Waals surface area (Å²) in [4.78, 5) is 61.9. The molecule has 0 rings (SSSR count). The number of urea groups is 1. The van der Waals surface area contributed by atoms with Gasteiger partial charge in [-0.15, -0.1) is 0 Å². The number of ether oxygens (including phenoxy) is 3. The van der Waals surface area contributed by atoms with Crippen molar-refractivity contribution in [2.45, 2.75) is 123 Å². The molecule has 2 atom stereocenters. The monoisotopic (exact) mass is 544 g/mol. The summed E-state index contributed by atoms with van der Waals surface area (Å²) in [6, 6.07) is -2.96. The minimum Gasteiger partial charge on any atom is -0.460 e. The maximum absolute atomic E-state index is 12.9. The molecule has 5 N–H and O–H groups in total. The van der Waals surface area contributed by atoms with Crippen LogP contribution in [0.25, 0.3) is 0 Å². The Morgan fingerprint density at radius 2 is 1.13 bits per heavy atom. The van der Waals surface area contributed by atoms with Gasteiger partial charge in [-0.3, -0.25) is 9.59 Å². The normalized spacial score (nSPS) is 13.5. The number of nitrogens with one attached hydrogen (secondary N) is 3. The van der Waals surface area contributed by atoms with Crippen LogP contribution in [0.2, 0.25) is 0 Å².